The number of hydrogen-bond acceptors (Lipinski definition) is 1. The SMILES string of the molecule is [CH2]CCNC(=O)C=Cc1ccccc1. The Kier molecular flexibility index (Phi) is 4.48. The van der Waals surface area contributed by atoms with Crippen LogP contribution < -0.4 is 5.32 Å². The summed E-state index contributed by atoms with van der Waals surface area (Å²) in [6, 6.07) is 9.72. The molecule has 0 bridgehead atoms. The fourth-order valence-electron chi connectivity index (χ4n) is 1.01. The maximum Gasteiger partial charge on any atom is 0.243 e. The van der Waals surface area contributed by atoms with Crippen molar-refractivity contribution >= 4 is 12.0 Å². The Morgan fingerprint density at radius 2 is 2.07 bits per heavy atom. The summed E-state index contributed by atoms with van der Waals surface area (Å²) < 4.78 is 0. The van der Waals surface area contributed by atoms with E-state index < -0.39 is 0 Å². The molecule has 0 aliphatic heterocycles. The van der Waals surface area contributed by atoms with Crippen molar-refractivity contribution < 1.29 is 4.79 Å². The number of nitrogens with one attached hydrogen (secondary N) is 1. The lowest BCUT2D eigenvalue weighted by atomic mass is 10.2. The highest BCUT2D eigenvalue weighted by molar-refractivity contribution is 5.91. The minimum atomic E-state index is -0.0718. The van der Waals surface area contributed by atoms with Crippen LogP contribution in [0, 0.1) is 6.92 Å². The highest BCUT2D eigenvalue weighted by Gasteiger charge is 1.91. The van der Waals surface area contributed by atoms with Gasteiger partial charge in [0.05, 0.1) is 0 Å². The zero-order valence-corrected chi connectivity index (χ0v) is 8.07. The van der Waals surface area contributed by atoms with E-state index in [2.05, 4.69) is 12.2 Å². The monoisotopic (exact) mass is 188 g/mol. The van der Waals surface area contributed by atoms with Gasteiger partial charge in [-0.1, -0.05) is 37.3 Å². The molecule has 0 fully saturated rings. The Labute approximate surface area is 84.6 Å². The molecule has 1 N–H and O–H groups in total. The van der Waals surface area contributed by atoms with Gasteiger partial charge in [0.15, 0.2) is 0 Å². The zero-order chi connectivity index (χ0) is 10.2. The molecule has 0 unspecified atom stereocenters. The molecule has 1 rings (SSSR count). The molecule has 1 radical (unpaired) electrons. The summed E-state index contributed by atoms with van der Waals surface area (Å²) in [7, 11) is 0. The fraction of sp³-hybridized carbons (Fsp3) is 0.167. The summed E-state index contributed by atoms with van der Waals surface area (Å²) in [5.41, 5.74) is 1.03. The normalized spacial score (nSPS) is 10.4. The third-order valence-electron chi connectivity index (χ3n) is 1.70. The van der Waals surface area contributed by atoms with Gasteiger partial charge in [-0.25, -0.2) is 0 Å². The lowest BCUT2D eigenvalue weighted by Gasteiger charge is -1.97. The molecular weight excluding hydrogens is 174 g/mol. The van der Waals surface area contributed by atoms with Gasteiger partial charge in [-0.15, -0.1) is 0 Å². The predicted octanol–water partition coefficient (Wildman–Crippen LogP) is 2.04. The van der Waals surface area contributed by atoms with Crippen LogP contribution in [0.15, 0.2) is 36.4 Å². The molecular formula is C12H14NO. The van der Waals surface area contributed by atoms with Crippen molar-refractivity contribution in [1.82, 2.24) is 5.32 Å². The molecule has 0 atom stereocenters. The molecule has 0 spiro atoms. The summed E-state index contributed by atoms with van der Waals surface area (Å²) in [4.78, 5) is 11.1. The first-order chi connectivity index (χ1) is 6.83. The second-order valence-electron chi connectivity index (χ2n) is 2.89. The van der Waals surface area contributed by atoms with Crippen molar-refractivity contribution in [2.75, 3.05) is 6.54 Å². The molecule has 73 valence electrons. The lowest BCUT2D eigenvalue weighted by molar-refractivity contribution is -0.116. The average Bonchev–Trinajstić information content (AvgIpc) is 2.25. The van der Waals surface area contributed by atoms with Crippen molar-refractivity contribution in [3.05, 3.63) is 48.9 Å². The average molecular weight is 188 g/mol. The smallest absolute Gasteiger partial charge is 0.243 e. The first-order valence-corrected chi connectivity index (χ1v) is 4.63. The Morgan fingerprint density at radius 1 is 1.36 bits per heavy atom. The number of rotatable bonds is 4. The molecule has 0 saturated carbocycles. The van der Waals surface area contributed by atoms with Crippen molar-refractivity contribution in [3.63, 3.8) is 0 Å². The van der Waals surface area contributed by atoms with E-state index in [0.717, 1.165) is 5.56 Å². The van der Waals surface area contributed by atoms with Gasteiger partial charge >= 0.3 is 0 Å². The van der Waals surface area contributed by atoms with E-state index in [1.54, 1.807) is 6.08 Å². The summed E-state index contributed by atoms with van der Waals surface area (Å²) >= 11 is 0. The molecule has 0 aliphatic carbocycles. The molecule has 1 aromatic carbocycles. The lowest BCUT2D eigenvalue weighted by Crippen LogP contribution is -2.21. The van der Waals surface area contributed by atoms with Gasteiger partial charge in [0.2, 0.25) is 5.91 Å². The molecule has 0 saturated heterocycles. The minimum Gasteiger partial charge on any atom is -0.353 e. The van der Waals surface area contributed by atoms with Crippen LogP contribution in [0.3, 0.4) is 0 Å². The van der Waals surface area contributed by atoms with Gasteiger partial charge in [-0.05, 0) is 18.1 Å². The highest BCUT2D eigenvalue weighted by atomic mass is 16.1. The molecule has 0 aliphatic rings. The maximum atomic E-state index is 11.1. The third-order valence-corrected chi connectivity index (χ3v) is 1.70. The van der Waals surface area contributed by atoms with Crippen LogP contribution in [-0.2, 0) is 4.79 Å². The van der Waals surface area contributed by atoms with E-state index in [0.29, 0.717) is 13.0 Å². The van der Waals surface area contributed by atoms with Crippen LogP contribution in [-0.4, -0.2) is 12.5 Å². The van der Waals surface area contributed by atoms with Gasteiger partial charge in [0.1, 0.15) is 0 Å². The standard InChI is InChI=1S/C12H14NO/c1-2-10-13-12(14)9-8-11-6-4-3-5-7-11/h3-9H,1-2,10H2,(H,13,14). The van der Waals surface area contributed by atoms with E-state index >= 15 is 0 Å². The van der Waals surface area contributed by atoms with Gasteiger partial charge in [0.25, 0.3) is 0 Å². The number of benzene rings is 1. The molecule has 0 aromatic heterocycles. The van der Waals surface area contributed by atoms with E-state index in [1.165, 1.54) is 6.08 Å². The second kappa shape index (κ2) is 5.97. The Bertz CT molecular complexity index is 303. The van der Waals surface area contributed by atoms with Gasteiger partial charge < -0.3 is 5.32 Å². The Morgan fingerprint density at radius 3 is 2.71 bits per heavy atom. The quantitative estimate of drug-likeness (QED) is 0.720. The number of carbonyl (C=O) groups is 1. The van der Waals surface area contributed by atoms with Crippen LogP contribution in [0.2, 0.25) is 0 Å². The van der Waals surface area contributed by atoms with Crippen LogP contribution in [0.5, 0.6) is 0 Å². The molecule has 1 amide bonds. The maximum absolute atomic E-state index is 11.1. The van der Waals surface area contributed by atoms with E-state index in [4.69, 9.17) is 0 Å². The van der Waals surface area contributed by atoms with Gasteiger partial charge in [-0.3, -0.25) is 4.79 Å². The highest BCUT2D eigenvalue weighted by Crippen LogP contribution is 2.00. The fourth-order valence-corrected chi connectivity index (χ4v) is 1.01. The van der Waals surface area contributed by atoms with Crippen LogP contribution >= 0.6 is 0 Å². The van der Waals surface area contributed by atoms with Crippen LogP contribution in [0.1, 0.15) is 12.0 Å². The summed E-state index contributed by atoms with van der Waals surface area (Å²) in [6.45, 7) is 4.26. The first kappa shape index (κ1) is 10.5. The van der Waals surface area contributed by atoms with Gasteiger partial charge in [0, 0.05) is 12.6 Å². The van der Waals surface area contributed by atoms with Gasteiger partial charge in [-0.2, -0.15) is 0 Å². The molecule has 1 aromatic rings. The van der Waals surface area contributed by atoms with E-state index in [9.17, 15) is 4.79 Å². The Balaban J connectivity index is 2.44. The summed E-state index contributed by atoms with van der Waals surface area (Å²) in [5, 5.41) is 2.71. The topological polar surface area (TPSA) is 29.1 Å². The van der Waals surface area contributed by atoms with Crippen LogP contribution in [0.25, 0.3) is 6.08 Å². The number of carbonyl (C=O) groups excluding carboxylic acids is 1. The molecule has 2 nitrogen and oxygen atoms in total. The minimum absolute atomic E-state index is 0.0718. The van der Waals surface area contributed by atoms with E-state index in [1.807, 2.05) is 30.3 Å². The van der Waals surface area contributed by atoms with Crippen molar-refractivity contribution in [2.24, 2.45) is 0 Å². The van der Waals surface area contributed by atoms with Crippen molar-refractivity contribution in [3.8, 4) is 0 Å². The first-order valence-electron chi connectivity index (χ1n) is 4.63. The zero-order valence-electron chi connectivity index (χ0n) is 8.07. The molecule has 14 heavy (non-hydrogen) atoms. The molecule has 2 heteroatoms. The van der Waals surface area contributed by atoms with Crippen molar-refractivity contribution in [1.29, 1.82) is 0 Å². The predicted molar refractivity (Wildman–Crippen MR) is 58.5 cm³/mol. The van der Waals surface area contributed by atoms with Crippen molar-refractivity contribution in [2.45, 2.75) is 6.42 Å². The number of amides is 1. The third kappa shape index (κ3) is 3.90. The Hall–Kier alpha value is -1.57. The second-order valence-corrected chi connectivity index (χ2v) is 2.89. The molecule has 0 heterocycles. The largest absolute Gasteiger partial charge is 0.353 e. The summed E-state index contributed by atoms with van der Waals surface area (Å²) in [5.74, 6) is -0.0718. The van der Waals surface area contributed by atoms with Crippen LogP contribution in [0.4, 0.5) is 0 Å². The number of hydrogen-bond donors (Lipinski definition) is 1. The summed E-state index contributed by atoms with van der Waals surface area (Å²) in [6.07, 6.45) is 4.04. The van der Waals surface area contributed by atoms with E-state index in [-0.39, 0.29) is 5.91 Å².